The lowest BCUT2D eigenvalue weighted by atomic mass is 9.92. The maximum absolute atomic E-state index is 8.50. The Kier molecular flexibility index (Phi) is 1.92. The smallest absolute Gasteiger partial charge is 0.136 e. The average molecular weight is 134 g/mol. The highest BCUT2D eigenvalue weighted by molar-refractivity contribution is 5.04. The lowest BCUT2D eigenvalue weighted by Crippen LogP contribution is -2.08. The molecule has 2 heteroatoms. The fraction of sp³-hybridized carbons (Fsp3) is 0.750. The minimum atomic E-state index is -0.382. The van der Waals surface area contributed by atoms with Crippen LogP contribution in [0.25, 0.3) is 0 Å². The van der Waals surface area contributed by atoms with Gasteiger partial charge >= 0.3 is 0 Å². The summed E-state index contributed by atoms with van der Waals surface area (Å²) in [5, 5.41) is 17.0. The second-order valence-electron chi connectivity index (χ2n) is 2.93. The zero-order valence-corrected chi connectivity index (χ0v) is 6.04. The fourth-order valence-electron chi connectivity index (χ4n) is 1.16. The van der Waals surface area contributed by atoms with E-state index in [4.69, 9.17) is 10.5 Å². The highest BCUT2D eigenvalue weighted by Crippen LogP contribution is 2.39. The molecule has 0 N–H and O–H groups in total. The first-order valence-electron chi connectivity index (χ1n) is 3.59. The molecular weight excluding hydrogens is 124 g/mol. The van der Waals surface area contributed by atoms with Crippen LogP contribution >= 0.6 is 0 Å². The molecule has 52 valence electrons. The van der Waals surface area contributed by atoms with E-state index in [1.54, 1.807) is 0 Å². The molecule has 1 fully saturated rings. The van der Waals surface area contributed by atoms with E-state index in [2.05, 4.69) is 0 Å². The van der Waals surface area contributed by atoms with Gasteiger partial charge in [-0.1, -0.05) is 6.92 Å². The van der Waals surface area contributed by atoms with Gasteiger partial charge in [-0.25, -0.2) is 0 Å². The Morgan fingerprint density at radius 1 is 1.30 bits per heavy atom. The molecule has 0 aliphatic heterocycles. The molecule has 0 aromatic heterocycles. The van der Waals surface area contributed by atoms with Crippen molar-refractivity contribution in [1.82, 2.24) is 0 Å². The quantitative estimate of drug-likeness (QED) is 0.577. The first kappa shape index (κ1) is 7.09. The van der Waals surface area contributed by atoms with Gasteiger partial charge in [0, 0.05) is 0 Å². The third kappa shape index (κ3) is 1.28. The first-order chi connectivity index (χ1) is 4.79. The van der Waals surface area contributed by atoms with Crippen LogP contribution in [0.5, 0.6) is 0 Å². The van der Waals surface area contributed by atoms with E-state index in [-0.39, 0.29) is 11.8 Å². The molecular formula is C8H10N2. The lowest BCUT2D eigenvalue weighted by molar-refractivity contribution is 0.453. The van der Waals surface area contributed by atoms with Crippen LogP contribution in [0.15, 0.2) is 0 Å². The third-order valence-corrected chi connectivity index (χ3v) is 2.17. The molecule has 0 aromatic rings. The van der Waals surface area contributed by atoms with Gasteiger partial charge in [0.1, 0.15) is 5.92 Å². The number of hydrogen-bond donors (Lipinski definition) is 0. The van der Waals surface area contributed by atoms with Crippen LogP contribution in [-0.2, 0) is 0 Å². The summed E-state index contributed by atoms with van der Waals surface area (Å²) in [5.74, 6) is 0.562. The molecule has 0 heterocycles. The van der Waals surface area contributed by atoms with E-state index in [9.17, 15) is 0 Å². The summed E-state index contributed by atoms with van der Waals surface area (Å²) in [7, 11) is 0. The molecule has 0 amide bonds. The van der Waals surface area contributed by atoms with Gasteiger partial charge in [0.25, 0.3) is 0 Å². The van der Waals surface area contributed by atoms with E-state index in [0.717, 1.165) is 0 Å². The van der Waals surface area contributed by atoms with Crippen molar-refractivity contribution >= 4 is 0 Å². The summed E-state index contributed by atoms with van der Waals surface area (Å²) < 4.78 is 0. The lowest BCUT2D eigenvalue weighted by Gasteiger charge is -2.07. The van der Waals surface area contributed by atoms with Gasteiger partial charge < -0.3 is 0 Å². The summed E-state index contributed by atoms with van der Waals surface area (Å²) in [6.45, 7) is 1.99. The Hall–Kier alpha value is -1.02. The highest BCUT2D eigenvalue weighted by Gasteiger charge is 2.33. The Morgan fingerprint density at radius 2 is 1.80 bits per heavy atom. The summed E-state index contributed by atoms with van der Waals surface area (Å²) in [4.78, 5) is 0. The van der Waals surface area contributed by atoms with Crippen LogP contribution in [0.3, 0.4) is 0 Å². The van der Waals surface area contributed by atoms with Crippen molar-refractivity contribution in [1.29, 1.82) is 10.5 Å². The Bertz CT molecular complexity index is 178. The predicted octanol–water partition coefficient (Wildman–Crippen LogP) is 1.70. The van der Waals surface area contributed by atoms with Gasteiger partial charge in [-0.2, -0.15) is 10.5 Å². The van der Waals surface area contributed by atoms with Crippen molar-refractivity contribution in [2.75, 3.05) is 0 Å². The molecule has 1 rings (SSSR count). The van der Waals surface area contributed by atoms with Crippen molar-refractivity contribution in [3.05, 3.63) is 0 Å². The monoisotopic (exact) mass is 134 g/mol. The van der Waals surface area contributed by atoms with Gasteiger partial charge in [-0.05, 0) is 24.7 Å². The van der Waals surface area contributed by atoms with E-state index >= 15 is 0 Å². The molecule has 1 aliphatic carbocycles. The normalized spacial score (nSPS) is 19.6. The number of hydrogen-bond acceptors (Lipinski definition) is 2. The fourth-order valence-corrected chi connectivity index (χ4v) is 1.16. The Balaban J connectivity index is 2.47. The molecule has 0 spiro atoms. The number of nitriles is 2. The van der Waals surface area contributed by atoms with Crippen molar-refractivity contribution in [2.45, 2.75) is 19.8 Å². The maximum Gasteiger partial charge on any atom is 0.136 e. The molecule has 0 aromatic carbocycles. The molecule has 0 bridgehead atoms. The minimum Gasteiger partial charge on any atom is -0.197 e. The van der Waals surface area contributed by atoms with Crippen LogP contribution < -0.4 is 0 Å². The van der Waals surface area contributed by atoms with E-state index in [0.29, 0.717) is 5.92 Å². The Labute approximate surface area is 61.1 Å². The zero-order valence-electron chi connectivity index (χ0n) is 6.04. The van der Waals surface area contributed by atoms with Gasteiger partial charge in [0.2, 0.25) is 0 Å². The Morgan fingerprint density at radius 3 is 2.10 bits per heavy atom. The topological polar surface area (TPSA) is 47.6 Å². The van der Waals surface area contributed by atoms with Crippen molar-refractivity contribution in [3.63, 3.8) is 0 Å². The summed E-state index contributed by atoms with van der Waals surface area (Å²) in [6.07, 6.45) is 2.42. The largest absolute Gasteiger partial charge is 0.197 e. The number of nitrogens with zero attached hydrogens (tertiary/aromatic N) is 2. The second kappa shape index (κ2) is 2.71. The van der Waals surface area contributed by atoms with Crippen LogP contribution in [0.4, 0.5) is 0 Å². The molecule has 0 saturated heterocycles. The van der Waals surface area contributed by atoms with Gasteiger partial charge in [-0.15, -0.1) is 0 Å². The standard InChI is InChI=1S/C8H10N2/c1-6(7-2-3-7)8(4-9)5-10/h6-8H,2-3H2,1H3/t6-/m0/s1. The first-order valence-corrected chi connectivity index (χ1v) is 3.59. The van der Waals surface area contributed by atoms with E-state index in [1.807, 2.05) is 19.1 Å². The van der Waals surface area contributed by atoms with Gasteiger partial charge in [0.05, 0.1) is 12.1 Å². The van der Waals surface area contributed by atoms with Gasteiger partial charge in [0.15, 0.2) is 0 Å². The SMILES string of the molecule is C[C@H](C(C#N)C#N)C1CC1. The van der Waals surface area contributed by atoms with Crippen LogP contribution in [0.1, 0.15) is 19.8 Å². The molecule has 10 heavy (non-hydrogen) atoms. The van der Waals surface area contributed by atoms with Crippen molar-refractivity contribution < 1.29 is 0 Å². The molecule has 0 radical (unpaired) electrons. The van der Waals surface area contributed by atoms with Crippen LogP contribution in [0.2, 0.25) is 0 Å². The average Bonchev–Trinajstić information content (AvgIpc) is 2.71. The van der Waals surface area contributed by atoms with Gasteiger partial charge in [-0.3, -0.25) is 0 Å². The molecule has 2 nitrogen and oxygen atoms in total. The number of rotatable bonds is 2. The molecule has 0 unspecified atom stereocenters. The summed E-state index contributed by atoms with van der Waals surface area (Å²) >= 11 is 0. The minimum absolute atomic E-state index is 0.287. The third-order valence-electron chi connectivity index (χ3n) is 2.17. The highest BCUT2D eigenvalue weighted by atomic mass is 14.4. The van der Waals surface area contributed by atoms with E-state index < -0.39 is 0 Å². The summed E-state index contributed by atoms with van der Waals surface area (Å²) in [5.41, 5.74) is 0. The van der Waals surface area contributed by atoms with Crippen LogP contribution in [-0.4, -0.2) is 0 Å². The zero-order chi connectivity index (χ0) is 7.56. The maximum atomic E-state index is 8.50. The molecule has 1 atom stereocenters. The molecule has 1 saturated carbocycles. The van der Waals surface area contributed by atoms with Crippen molar-refractivity contribution in [2.24, 2.45) is 17.8 Å². The summed E-state index contributed by atoms with van der Waals surface area (Å²) in [6, 6.07) is 4.02. The second-order valence-corrected chi connectivity index (χ2v) is 2.93. The van der Waals surface area contributed by atoms with E-state index in [1.165, 1.54) is 12.8 Å². The van der Waals surface area contributed by atoms with Crippen molar-refractivity contribution in [3.8, 4) is 12.1 Å². The van der Waals surface area contributed by atoms with Crippen LogP contribution in [0, 0.1) is 40.4 Å². The molecule has 1 aliphatic rings. The predicted molar refractivity (Wildman–Crippen MR) is 36.6 cm³/mol.